The molecule has 1 aliphatic rings. The lowest BCUT2D eigenvalue weighted by molar-refractivity contribution is 0.159. The summed E-state index contributed by atoms with van der Waals surface area (Å²) in [5.74, 6) is 1.33. The Morgan fingerprint density at radius 3 is 2.28 bits per heavy atom. The number of piperazine rings is 1. The molecule has 25 heavy (non-hydrogen) atoms. The molecule has 1 fully saturated rings. The second-order valence-corrected chi connectivity index (χ2v) is 8.00. The van der Waals surface area contributed by atoms with E-state index in [1.807, 2.05) is 6.07 Å². The molecule has 1 aromatic rings. The number of halogens is 4. The van der Waals surface area contributed by atoms with Crippen LogP contribution in [0.1, 0.15) is 38.3 Å². The number of benzene rings is 1. The molecule has 0 spiro atoms. The summed E-state index contributed by atoms with van der Waals surface area (Å²) in [6.07, 6.45) is 2.26. The number of methoxy groups -OCH3 is 1. The maximum atomic E-state index is 10.2. The molecule has 0 unspecified atom stereocenters. The molecule has 0 radical (unpaired) electrons. The molecule has 2 N–H and O–H groups in total. The van der Waals surface area contributed by atoms with E-state index in [1.54, 1.807) is 7.11 Å². The van der Waals surface area contributed by atoms with Gasteiger partial charge in [0.25, 0.3) is 0 Å². The highest BCUT2D eigenvalue weighted by Crippen LogP contribution is 2.45. The van der Waals surface area contributed by atoms with E-state index in [-0.39, 0.29) is 30.6 Å². The van der Waals surface area contributed by atoms with E-state index in [1.165, 1.54) is 12.0 Å². The van der Waals surface area contributed by atoms with Crippen LogP contribution in [0.25, 0.3) is 0 Å². The monoisotopic (exact) mass is 520 g/mol. The van der Waals surface area contributed by atoms with Crippen molar-refractivity contribution in [3.63, 3.8) is 0 Å². The fourth-order valence-electron chi connectivity index (χ4n) is 3.03. The van der Waals surface area contributed by atoms with Crippen LogP contribution in [0.2, 0.25) is 0 Å². The van der Waals surface area contributed by atoms with Crippen LogP contribution in [-0.2, 0) is 0 Å². The molecule has 2 rings (SSSR count). The molecule has 146 valence electrons. The van der Waals surface area contributed by atoms with Crippen molar-refractivity contribution in [1.29, 1.82) is 0 Å². The van der Waals surface area contributed by atoms with Crippen molar-refractivity contribution >= 4 is 56.7 Å². The number of rotatable bonds is 6. The zero-order valence-corrected chi connectivity index (χ0v) is 19.7. The summed E-state index contributed by atoms with van der Waals surface area (Å²) in [6.45, 7) is 8.64. The first-order valence-corrected chi connectivity index (χ1v) is 9.73. The van der Waals surface area contributed by atoms with Gasteiger partial charge in [0.1, 0.15) is 0 Å². The minimum atomic E-state index is 0. The smallest absolute Gasteiger partial charge is 0.173 e. The van der Waals surface area contributed by atoms with E-state index in [0.717, 1.165) is 37.1 Å². The van der Waals surface area contributed by atoms with Crippen molar-refractivity contribution in [1.82, 2.24) is 10.2 Å². The molecule has 0 saturated carbocycles. The van der Waals surface area contributed by atoms with Gasteiger partial charge in [-0.05, 0) is 62.2 Å². The number of aromatic hydroxyl groups is 1. The quantitative estimate of drug-likeness (QED) is 0.542. The van der Waals surface area contributed by atoms with Crippen LogP contribution in [0.5, 0.6) is 11.5 Å². The van der Waals surface area contributed by atoms with Gasteiger partial charge in [-0.3, -0.25) is 4.90 Å². The molecule has 1 saturated heterocycles. The standard InChI is InChI=1S/C17H26Br2N2O2.2ClH/c1-11(2)4-5-13(21-8-6-20-7-9-21)12-10-14(23-3)17(22)16(19)15(12)18;;/h10-11,13,20,22H,4-9H2,1-3H3;2*1H/t13-;;/m1../s1. The van der Waals surface area contributed by atoms with E-state index in [0.29, 0.717) is 22.2 Å². The van der Waals surface area contributed by atoms with Gasteiger partial charge in [-0.2, -0.15) is 0 Å². The zero-order valence-electron chi connectivity index (χ0n) is 14.8. The molecule has 1 atom stereocenters. The predicted molar refractivity (Wildman–Crippen MR) is 116 cm³/mol. The summed E-state index contributed by atoms with van der Waals surface area (Å²) in [5, 5.41) is 13.6. The van der Waals surface area contributed by atoms with Gasteiger partial charge < -0.3 is 15.2 Å². The van der Waals surface area contributed by atoms with Crippen molar-refractivity contribution in [2.24, 2.45) is 5.92 Å². The van der Waals surface area contributed by atoms with Gasteiger partial charge in [-0.25, -0.2) is 0 Å². The van der Waals surface area contributed by atoms with Gasteiger partial charge >= 0.3 is 0 Å². The van der Waals surface area contributed by atoms with E-state index in [9.17, 15) is 5.11 Å². The Hall–Kier alpha value is 0.280. The van der Waals surface area contributed by atoms with Gasteiger partial charge in [0.2, 0.25) is 0 Å². The first-order valence-electron chi connectivity index (χ1n) is 8.15. The van der Waals surface area contributed by atoms with Crippen LogP contribution in [0, 0.1) is 5.92 Å². The third kappa shape index (κ3) is 6.43. The minimum Gasteiger partial charge on any atom is -0.503 e. The molecular weight excluding hydrogens is 495 g/mol. The second-order valence-electron chi connectivity index (χ2n) is 6.42. The molecular formula is C17H28Br2Cl2N2O2. The van der Waals surface area contributed by atoms with E-state index in [4.69, 9.17) is 4.74 Å². The highest BCUT2D eigenvalue weighted by atomic mass is 79.9. The van der Waals surface area contributed by atoms with E-state index < -0.39 is 0 Å². The van der Waals surface area contributed by atoms with Gasteiger partial charge in [0.05, 0.1) is 11.6 Å². The van der Waals surface area contributed by atoms with Gasteiger partial charge in [0.15, 0.2) is 11.5 Å². The van der Waals surface area contributed by atoms with Crippen LogP contribution < -0.4 is 10.1 Å². The Bertz CT molecular complexity index is 542. The zero-order chi connectivity index (χ0) is 17.0. The van der Waals surface area contributed by atoms with Crippen molar-refractivity contribution in [2.75, 3.05) is 33.3 Å². The number of nitrogens with one attached hydrogen (secondary N) is 1. The minimum absolute atomic E-state index is 0. The summed E-state index contributed by atoms with van der Waals surface area (Å²) in [6, 6.07) is 2.29. The summed E-state index contributed by atoms with van der Waals surface area (Å²) in [7, 11) is 1.59. The number of hydrogen-bond acceptors (Lipinski definition) is 4. The van der Waals surface area contributed by atoms with Crippen LogP contribution in [0.15, 0.2) is 15.0 Å². The van der Waals surface area contributed by atoms with Gasteiger partial charge in [-0.1, -0.05) is 13.8 Å². The largest absolute Gasteiger partial charge is 0.503 e. The molecule has 0 aliphatic carbocycles. The van der Waals surface area contributed by atoms with Crippen LogP contribution in [-0.4, -0.2) is 43.3 Å². The first kappa shape index (κ1) is 25.3. The van der Waals surface area contributed by atoms with Crippen molar-refractivity contribution < 1.29 is 9.84 Å². The molecule has 4 nitrogen and oxygen atoms in total. The highest BCUT2D eigenvalue weighted by molar-refractivity contribution is 9.13. The SMILES string of the molecule is COc1cc([C@@H](CCC(C)C)N2CCNCC2)c(Br)c(Br)c1O.Cl.Cl. The summed E-state index contributed by atoms with van der Waals surface area (Å²) in [4.78, 5) is 2.53. The number of hydrogen-bond donors (Lipinski definition) is 2. The fourth-order valence-corrected chi connectivity index (χ4v) is 4.02. The Morgan fingerprint density at radius 1 is 1.16 bits per heavy atom. The Labute approximate surface area is 180 Å². The lowest BCUT2D eigenvalue weighted by Gasteiger charge is -2.36. The molecule has 0 bridgehead atoms. The average Bonchev–Trinajstić information content (AvgIpc) is 2.55. The molecule has 1 aliphatic heterocycles. The number of ether oxygens (including phenoxy) is 1. The molecule has 0 aromatic heterocycles. The highest BCUT2D eigenvalue weighted by Gasteiger charge is 2.27. The van der Waals surface area contributed by atoms with Gasteiger partial charge in [0, 0.05) is 36.7 Å². The van der Waals surface area contributed by atoms with Crippen molar-refractivity contribution in [3.8, 4) is 11.5 Å². The third-order valence-corrected chi connectivity index (χ3v) is 6.52. The van der Waals surface area contributed by atoms with Gasteiger partial charge in [-0.15, -0.1) is 24.8 Å². The van der Waals surface area contributed by atoms with Crippen molar-refractivity contribution in [3.05, 3.63) is 20.6 Å². The van der Waals surface area contributed by atoms with Crippen LogP contribution >= 0.6 is 56.7 Å². The molecule has 0 amide bonds. The summed E-state index contributed by atoms with van der Waals surface area (Å²) in [5.41, 5.74) is 1.18. The molecule has 1 aromatic carbocycles. The number of phenols is 1. The Morgan fingerprint density at radius 2 is 1.76 bits per heavy atom. The van der Waals surface area contributed by atoms with E-state index in [2.05, 4.69) is 55.9 Å². The lowest BCUT2D eigenvalue weighted by Crippen LogP contribution is -2.45. The van der Waals surface area contributed by atoms with Crippen LogP contribution in [0.4, 0.5) is 0 Å². The number of nitrogens with zero attached hydrogens (tertiary/aromatic N) is 1. The Balaban J connectivity index is 0.00000288. The Kier molecular flexibility index (Phi) is 12.0. The predicted octanol–water partition coefficient (Wildman–Crippen LogP) is 5.15. The fraction of sp³-hybridized carbons (Fsp3) is 0.647. The maximum Gasteiger partial charge on any atom is 0.173 e. The normalized spacial score (nSPS) is 16.1. The average molecular weight is 523 g/mol. The topological polar surface area (TPSA) is 44.7 Å². The lowest BCUT2D eigenvalue weighted by atomic mass is 9.95. The van der Waals surface area contributed by atoms with Crippen molar-refractivity contribution in [2.45, 2.75) is 32.7 Å². The first-order chi connectivity index (χ1) is 11.0. The molecule has 8 heteroatoms. The van der Waals surface area contributed by atoms with E-state index >= 15 is 0 Å². The molecule has 1 heterocycles. The van der Waals surface area contributed by atoms with Crippen LogP contribution in [0.3, 0.4) is 0 Å². The maximum absolute atomic E-state index is 10.2. The number of phenolic OH excluding ortho intramolecular Hbond substituents is 1. The second kappa shape index (κ2) is 11.9. The summed E-state index contributed by atoms with van der Waals surface area (Å²) >= 11 is 7.15. The summed E-state index contributed by atoms with van der Waals surface area (Å²) < 4.78 is 6.94. The third-order valence-electron chi connectivity index (χ3n) is 4.36.